The molecule has 0 amide bonds. The monoisotopic (exact) mass is 233 g/mol. The zero-order valence-corrected chi connectivity index (χ0v) is 9.72. The number of nitrogens with one attached hydrogen (secondary N) is 1. The molecule has 1 saturated heterocycles. The summed E-state index contributed by atoms with van der Waals surface area (Å²) in [7, 11) is 0. The molecule has 1 fully saturated rings. The fourth-order valence-corrected chi connectivity index (χ4v) is 1.68. The maximum atomic E-state index is 8.63. The van der Waals surface area contributed by atoms with Crippen molar-refractivity contribution in [1.82, 2.24) is 10.3 Å². The van der Waals surface area contributed by atoms with E-state index in [0.29, 0.717) is 18.1 Å². The first-order valence-electron chi connectivity index (χ1n) is 5.63. The molecule has 5 heteroatoms. The van der Waals surface area contributed by atoms with E-state index < -0.39 is 0 Å². The average molecular weight is 233 g/mol. The molecular weight excluding hydrogens is 218 g/mol. The molecular formula is C12H15N3O2. The van der Waals surface area contributed by atoms with E-state index in [1.807, 2.05) is 13.0 Å². The molecule has 0 saturated carbocycles. The highest BCUT2D eigenvalue weighted by atomic mass is 16.5. The van der Waals surface area contributed by atoms with Gasteiger partial charge in [-0.1, -0.05) is 0 Å². The molecule has 0 spiro atoms. The highest BCUT2D eigenvalue weighted by Crippen LogP contribution is 2.09. The number of aromatic nitrogens is 1. The molecule has 2 unspecified atom stereocenters. The maximum Gasteiger partial charge on any atom is 0.213 e. The van der Waals surface area contributed by atoms with Gasteiger partial charge in [-0.25, -0.2) is 4.98 Å². The van der Waals surface area contributed by atoms with Crippen molar-refractivity contribution < 1.29 is 9.47 Å². The minimum Gasteiger partial charge on any atom is -0.475 e. The predicted octanol–water partition coefficient (Wildman–Crippen LogP) is 0.709. The number of nitrogens with zero attached hydrogens (tertiary/aromatic N) is 2. The summed E-state index contributed by atoms with van der Waals surface area (Å²) in [6.07, 6.45) is 1.76. The van der Waals surface area contributed by atoms with Gasteiger partial charge in [-0.3, -0.25) is 0 Å². The lowest BCUT2D eigenvalue weighted by Crippen LogP contribution is -2.45. The first kappa shape index (κ1) is 11.8. The Morgan fingerprint density at radius 3 is 3.12 bits per heavy atom. The van der Waals surface area contributed by atoms with Crippen LogP contribution in [0.4, 0.5) is 0 Å². The number of ether oxygens (including phenoxy) is 2. The third-order valence-electron chi connectivity index (χ3n) is 2.51. The van der Waals surface area contributed by atoms with Gasteiger partial charge < -0.3 is 14.8 Å². The number of rotatable bonds is 3. The maximum absolute atomic E-state index is 8.63. The molecule has 5 nitrogen and oxygen atoms in total. The highest BCUT2D eigenvalue weighted by Gasteiger charge is 2.19. The minimum absolute atomic E-state index is 0.0520. The predicted molar refractivity (Wildman–Crippen MR) is 61.7 cm³/mol. The van der Waals surface area contributed by atoms with Crippen LogP contribution < -0.4 is 10.1 Å². The van der Waals surface area contributed by atoms with Crippen molar-refractivity contribution in [3.63, 3.8) is 0 Å². The summed E-state index contributed by atoms with van der Waals surface area (Å²) in [5.41, 5.74) is 0.529. The van der Waals surface area contributed by atoms with Crippen LogP contribution in [-0.2, 0) is 4.74 Å². The van der Waals surface area contributed by atoms with Crippen molar-refractivity contribution >= 4 is 0 Å². The molecule has 0 bridgehead atoms. The van der Waals surface area contributed by atoms with E-state index in [2.05, 4.69) is 10.3 Å². The number of hydrogen-bond donors (Lipinski definition) is 1. The van der Waals surface area contributed by atoms with Crippen molar-refractivity contribution in [2.75, 3.05) is 19.7 Å². The first-order chi connectivity index (χ1) is 8.28. The Morgan fingerprint density at radius 1 is 1.59 bits per heavy atom. The first-order valence-corrected chi connectivity index (χ1v) is 5.63. The third kappa shape index (κ3) is 3.41. The summed E-state index contributed by atoms with van der Waals surface area (Å²) in [5.74, 6) is 0.519. The SMILES string of the molecule is CC1CNCC(COc2ccc(C#N)cn2)O1. The van der Waals surface area contributed by atoms with Gasteiger partial charge in [0.2, 0.25) is 5.88 Å². The summed E-state index contributed by atoms with van der Waals surface area (Å²) < 4.78 is 11.2. The van der Waals surface area contributed by atoms with Crippen LogP contribution in [0.2, 0.25) is 0 Å². The molecule has 2 atom stereocenters. The largest absolute Gasteiger partial charge is 0.475 e. The van der Waals surface area contributed by atoms with Crippen LogP contribution in [0, 0.1) is 11.3 Å². The molecule has 2 rings (SSSR count). The molecule has 1 aromatic heterocycles. The van der Waals surface area contributed by atoms with E-state index >= 15 is 0 Å². The number of hydrogen-bond acceptors (Lipinski definition) is 5. The van der Waals surface area contributed by atoms with E-state index in [1.54, 1.807) is 12.1 Å². The molecule has 1 N–H and O–H groups in total. The molecule has 0 aromatic carbocycles. The molecule has 90 valence electrons. The average Bonchev–Trinajstić information content (AvgIpc) is 2.37. The minimum atomic E-state index is 0.0520. The molecule has 1 aromatic rings. The second kappa shape index (κ2) is 5.62. The van der Waals surface area contributed by atoms with Crippen LogP contribution in [-0.4, -0.2) is 36.9 Å². The van der Waals surface area contributed by atoms with Crippen molar-refractivity contribution in [2.24, 2.45) is 0 Å². The standard InChI is InChI=1S/C12H15N3O2/c1-9-5-14-7-11(17-9)8-16-12-3-2-10(4-13)6-15-12/h2-3,6,9,11,14H,5,7-8H2,1H3. The Bertz CT molecular complexity index is 399. The van der Waals surface area contributed by atoms with Gasteiger partial charge in [0.25, 0.3) is 0 Å². The van der Waals surface area contributed by atoms with Crippen LogP contribution in [0.1, 0.15) is 12.5 Å². The highest BCUT2D eigenvalue weighted by molar-refractivity contribution is 5.28. The van der Waals surface area contributed by atoms with Crippen LogP contribution in [0.3, 0.4) is 0 Å². The number of nitriles is 1. The second-order valence-electron chi connectivity index (χ2n) is 4.03. The lowest BCUT2D eigenvalue weighted by Gasteiger charge is -2.28. The number of morpholine rings is 1. The van der Waals surface area contributed by atoms with Gasteiger partial charge >= 0.3 is 0 Å². The van der Waals surface area contributed by atoms with Crippen LogP contribution in [0.25, 0.3) is 0 Å². The topological polar surface area (TPSA) is 67.2 Å². The number of pyridine rings is 1. The zero-order valence-electron chi connectivity index (χ0n) is 9.72. The second-order valence-corrected chi connectivity index (χ2v) is 4.03. The molecule has 17 heavy (non-hydrogen) atoms. The fraction of sp³-hybridized carbons (Fsp3) is 0.500. The smallest absolute Gasteiger partial charge is 0.213 e. The van der Waals surface area contributed by atoms with Gasteiger partial charge in [0.1, 0.15) is 18.8 Å². The summed E-state index contributed by atoms with van der Waals surface area (Å²) in [6, 6.07) is 5.39. The van der Waals surface area contributed by atoms with Crippen molar-refractivity contribution in [2.45, 2.75) is 19.1 Å². The Labute approximate surface area is 100 Å². The molecule has 1 aliphatic heterocycles. The quantitative estimate of drug-likeness (QED) is 0.832. The van der Waals surface area contributed by atoms with Gasteiger partial charge in [0.15, 0.2) is 0 Å². The molecule has 0 radical (unpaired) electrons. The molecule has 0 aliphatic carbocycles. The summed E-state index contributed by atoms with van der Waals surface area (Å²) in [5, 5.41) is 11.9. The third-order valence-corrected chi connectivity index (χ3v) is 2.51. The summed E-state index contributed by atoms with van der Waals surface area (Å²) in [4.78, 5) is 4.03. The van der Waals surface area contributed by atoms with Gasteiger partial charge in [-0.2, -0.15) is 5.26 Å². The van der Waals surface area contributed by atoms with Crippen molar-refractivity contribution in [1.29, 1.82) is 5.26 Å². The van der Waals surface area contributed by atoms with Gasteiger partial charge in [-0.15, -0.1) is 0 Å². The van der Waals surface area contributed by atoms with E-state index in [1.165, 1.54) is 6.20 Å². The fourth-order valence-electron chi connectivity index (χ4n) is 1.68. The Hall–Kier alpha value is -1.64. The Balaban J connectivity index is 1.83. The van der Waals surface area contributed by atoms with Gasteiger partial charge in [-0.05, 0) is 13.0 Å². The zero-order chi connectivity index (χ0) is 12.1. The van der Waals surface area contributed by atoms with Crippen LogP contribution >= 0.6 is 0 Å². The van der Waals surface area contributed by atoms with E-state index in [9.17, 15) is 0 Å². The van der Waals surface area contributed by atoms with Crippen LogP contribution in [0.5, 0.6) is 5.88 Å². The molecule has 1 aliphatic rings. The summed E-state index contributed by atoms with van der Waals surface area (Å²) >= 11 is 0. The lowest BCUT2D eigenvalue weighted by atomic mass is 10.2. The van der Waals surface area contributed by atoms with E-state index in [0.717, 1.165) is 13.1 Å². The Kier molecular flexibility index (Phi) is 3.91. The van der Waals surface area contributed by atoms with Crippen LogP contribution in [0.15, 0.2) is 18.3 Å². The molecule has 2 heterocycles. The van der Waals surface area contributed by atoms with Gasteiger partial charge in [0, 0.05) is 25.4 Å². The normalized spacial score (nSPS) is 24.0. The van der Waals surface area contributed by atoms with Gasteiger partial charge in [0.05, 0.1) is 11.7 Å². The lowest BCUT2D eigenvalue weighted by molar-refractivity contribution is -0.0476. The van der Waals surface area contributed by atoms with E-state index in [-0.39, 0.29) is 12.2 Å². The summed E-state index contributed by atoms with van der Waals surface area (Å²) in [6.45, 7) is 4.17. The van der Waals surface area contributed by atoms with E-state index in [4.69, 9.17) is 14.7 Å². The van der Waals surface area contributed by atoms with Crippen molar-refractivity contribution in [3.05, 3.63) is 23.9 Å². The Morgan fingerprint density at radius 2 is 2.47 bits per heavy atom. The van der Waals surface area contributed by atoms with Crippen molar-refractivity contribution in [3.8, 4) is 11.9 Å².